The van der Waals surface area contributed by atoms with Gasteiger partial charge in [-0.1, -0.05) is 19.1 Å². The fourth-order valence-electron chi connectivity index (χ4n) is 1.80. The second-order valence-electron chi connectivity index (χ2n) is 3.55. The zero-order chi connectivity index (χ0) is 10.8. The molecule has 3 heteroatoms. The Morgan fingerprint density at radius 3 is 2.87 bits per heavy atom. The molecule has 0 unspecified atom stereocenters. The van der Waals surface area contributed by atoms with Crippen LogP contribution in [0.2, 0.25) is 0 Å². The van der Waals surface area contributed by atoms with Crippen molar-refractivity contribution in [3.05, 3.63) is 30.0 Å². The number of benzene rings is 1. The Bertz CT molecular complexity index is 476. The number of aryl methyl sites for hydroxylation is 1. The lowest BCUT2D eigenvalue weighted by Crippen LogP contribution is -1.94. The Morgan fingerprint density at radius 2 is 2.20 bits per heavy atom. The normalized spacial score (nSPS) is 11.1. The molecule has 0 radical (unpaired) electrons. The van der Waals surface area contributed by atoms with Gasteiger partial charge in [0.05, 0.1) is 5.52 Å². The van der Waals surface area contributed by atoms with Crippen LogP contribution < -0.4 is 0 Å². The van der Waals surface area contributed by atoms with Crippen molar-refractivity contribution in [1.29, 1.82) is 0 Å². The predicted octanol–water partition coefficient (Wildman–Crippen LogP) is 3.14. The van der Waals surface area contributed by atoms with E-state index in [1.807, 2.05) is 30.9 Å². The van der Waals surface area contributed by atoms with Crippen molar-refractivity contribution in [3.8, 4) is 5.75 Å². The molecule has 1 heterocycles. The second-order valence-corrected chi connectivity index (χ2v) is 4.82. The fourth-order valence-corrected chi connectivity index (χ4v) is 2.49. The summed E-state index contributed by atoms with van der Waals surface area (Å²) in [5.74, 6) is 2.48. The third-order valence-electron chi connectivity index (χ3n) is 2.59. The third kappa shape index (κ3) is 1.84. The van der Waals surface area contributed by atoms with Crippen LogP contribution in [0.4, 0.5) is 0 Å². The van der Waals surface area contributed by atoms with E-state index in [2.05, 4.69) is 17.6 Å². The van der Waals surface area contributed by atoms with Gasteiger partial charge in [0.1, 0.15) is 5.75 Å². The highest BCUT2D eigenvalue weighted by atomic mass is 32.2. The molecule has 0 aliphatic heterocycles. The summed E-state index contributed by atoms with van der Waals surface area (Å²) in [6, 6.07) is 7.81. The van der Waals surface area contributed by atoms with Crippen molar-refractivity contribution in [2.45, 2.75) is 12.7 Å². The molecule has 1 N–H and O–H groups in total. The summed E-state index contributed by atoms with van der Waals surface area (Å²) in [7, 11) is 2.01. The molecule has 0 spiro atoms. The molecule has 0 fully saturated rings. The van der Waals surface area contributed by atoms with Crippen LogP contribution in [-0.4, -0.2) is 15.4 Å². The molecule has 2 rings (SSSR count). The molecule has 0 amide bonds. The van der Waals surface area contributed by atoms with Gasteiger partial charge in [0.2, 0.25) is 0 Å². The van der Waals surface area contributed by atoms with E-state index in [0.29, 0.717) is 5.75 Å². The van der Waals surface area contributed by atoms with Crippen molar-refractivity contribution in [2.75, 3.05) is 5.75 Å². The lowest BCUT2D eigenvalue weighted by atomic mass is 10.2. The van der Waals surface area contributed by atoms with Crippen molar-refractivity contribution >= 4 is 22.7 Å². The molecule has 15 heavy (non-hydrogen) atoms. The Kier molecular flexibility index (Phi) is 2.91. The summed E-state index contributed by atoms with van der Waals surface area (Å²) in [6.45, 7) is 2.16. The first-order valence-electron chi connectivity index (χ1n) is 5.08. The predicted molar refractivity (Wildman–Crippen MR) is 66.4 cm³/mol. The molecule has 1 aromatic heterocycles. The molecule has 0 saturated carbocycles. The van der Waals surface area contributed by atoms with Gasteiger partial charge in [-0.05, 0) is 17.9 Å². The number of thioether (sulfide) groups is 1. The van der Waals surface area contributed by atoms with Crippen LogP contribution in [0.3, 0.4) is 0 Å². The number of para-hydroxylation sites is 1. The van der Waals surface area contributed by atoms with Gasteiger partial charge in [0.25, 0.3) is 0 Å². The number of nitrogens with zero attached hydrogens (tertiary/aromatic N) is 1. The number of hydrogen-bond donors (Lipinski definition) is 1. The van der Waals surface area contributed by atoms with Crippen LogP contribution in [-0.2, 0) is 12.8 Å². The summed E-state index contributed by atoms with van der Waals surface area (Å²) >= 11 is 1.89. The molecule has 2 aromatic rings. The minimum atomic E-state index is 0.364. The number of phenols is 1. The Morgan fingerprint density at radius 1 is 1.40 bits per heavy atom. The first kappa shape index (κ1) is 10.4. The molecule has 0 saturated heterocycles. The SMILES string of the molecule is CCSCc1cc2cccc(O)c2n1C. The highest BCUT2D eigenvalue weighted by molar-refractivity contribution is 7.98. The zero-order valence-corrected chi connectivity index (χ0v) is 9.84. The maximum Gasteiger partial charge on any atom is 0.139 e. The zero-order valence-electron chi connectivity index (χ0n) is 9.03. The third-order valence-corrected chi connectivity index (χ3v) is 3.50. The molecule has 0 aliphatic carbocycles. The van der Waals surface area contributed by atoms with Gasteiger partial charge in [0, 0.05) is 23.9 Å². The minimum absolute atomic E-state index is 0.364. The fraction of sp³-hybridized carbons (Fsp3) is 0.333. The monoisotopic (exact) mass is 221 g/mol. The number of rotatable bonds is 3. The van der Waals surface area contributed by atoms with E-state index in [-0.39, 0.29) is 0 Å². The number of phenolic OH excluding ortho intramolecular Hbond substituents is 1. The summed E-state index contributed by atoms with van der Waals surface area (Å²) in [6.07, 6.45) is 0. The van der Waals surface area contributed by atoms with Gasteiger partial charge in [-0.25, -0.2) is 0 Å². The quantitative estimate of drug-likeness (QED) is 0.861. The number of fused-ring (bicyclic) bond motifs is 1. The average Bonchev–Trinajstić information content (AvgIpc) is 2.54. The molecular formula is C12H15NOS. The average molecular weight is 221 g/mol. The highest BCUT2D eigenvalue weighted by Gasteiger charge is 2.08. The van der Waals surface area contributed by atoms with Crippen molar-refractivity contribution < 1.29 is 5.11 Å². The van der Waals surface area contributed by atoms with Crippen LogP contribution in [0.15, 0.2) is 24.3 Å². The molecule has 1 aromatic carbocycles. The van der Waals surface area contributed by atoms with E-state index in [4.69, 9.17) is 0 Å². The first-order valence-corrected chi connectivity index (χ1v) is 6.23. The Labute approximate surface area is 93.9 Å². The largest absolute Gasteiger partial charge is 0.506 e. The lowest BCUT2D eigenvalue weighted by molar-refractivity contribution is 0.478. The van der Waals surface area contributed by atoms with Crippen molar-refractivity contribution in [3.63, 3.8) is 0 Å². The summed E-state index contributed by atoms with van der Waals surface area (Å²) in [5, 5.41) is 10.9. The number of hydrogen-bond acceptors (Lipinski definition) is 2. The minimum Gasteiger partial charge on any atom is -0.506 e. The topological polar surface area (TPSA) is 25.2 Å². The van der Waals surface area contributed by atoms with Crippen LogP contribution in [0.25, 0.3) is 10.9 Å². The van der Waals surface area contributed by atoms with Crippen molar-refractivity contribution in [1.82, 2.24) is 4.57 Å². The van der Waals surface area contributed by atoms with E-state index in [1.165, 1.54) is 5.69 Å². The molecular weight excluding hydrogens is 206 g/mol. The Hall–Kier alpha value is -1.09. The first-order chi connectivity index (χ1) is 7.24. The second kappa shape index (κ2) is 4.19. The molecule has 0 atom stereocenters. The lowest BCUT2D eigenvalue weighted by Gasteiger charge is -2.03. The smallest absolute Gasteiger partial charge is 0.139 e. The molecule has 80 valence electrons. The van der Waals surface area contributed by atoms with E-state index in [9.17, 15) is 5.11 Å². The maximum absolute atomic E-state index is 9.76. The van der Waals surface area contributed by atoms with Gasteiger partial charge < -0.3 is 9.67 Å². The standard InChI is InChI=1S/C12H15NOS/c1-3-15-8-10-7-9-5-4-6-11(14)12(9)13(10)2/h4-7,14H,3,8H2,1-2H3. The van der Waals surface area contributed by atoms with Gasteiger partial charge in [-0.3, -0.25) is 0 Å². The van der Waals surface area contributed by atoms with Gasteiger partial charge in [-0.2, -0.15) is 11.8 Å². The van der Waals surface area contributed by atoms with E-state index < -0.39 is 0 Å². The van der Waals surface area contributed by atoms with Crippen molar-refractivity contribution in [2.24, 2.45) is 7.05 Å². The van der Waals surface area contributed by atoms with E-state index in [1.54, 1.807) is 6.07 Å². The maximum atomic E-state index is 9.76. The van der Waals surface area contributed by atoms with Gasteiger partial charge >= 0.3 is 0 Å². The summed E-state index contributed by atoms with van der Waals surface area (Å²) < 4.78 is 2.08. The van der Waals surface area contributed by atoms with Gasteiger partial charge in [0.15, 0.2) is 0 Å². The number of aromatic nitrogens is 1. The van der Waals surface area contributed by atoms with Crippen LogP contribution in [0.1, 0.15) is 12.6 Å². The highest BCUT2D eigenvalue weighted by Crippen LogP contribution is 2.28. The van der Waals surface area contributed by atoms with E-state index >= 15 is 0 Å². The summed E-state index contributed by atoms with van der Waals surface area (Å²) in [4.78, 5) is 0. The molecule has 0 aliphatic rings. The molecule has 2 nitrogen and oxygen atoms in total. The van der Waals surface area contributed by atoms with Crippen LogP contribution in [0.5, 0.6) is 5.75 Å². The number of aromatic hydroxyl groups is 1. The van der Waals surface area contributed by atoms with Crippen LogP contribution in [0, 0.1) is 0 Å². The summed E-state index contributed by atoms with van der Waals surface area (Å²) in [5.41, 5.74) is 2.20. The van der Waals surface area contributed by atoms with Gasteiger partial charge in [-0.15, -0.1) is 0 Å². The van der Waals surface area contributed by atoms with Crippen LogP contribution >= 0.6 is 11.8 Å². The van der Waals surface area contributed by atoms with E-state index in [0.717, 1.165) is 22.4 Å². The molecule has 0 bridgehead atoms. The Balaban J connectivity index is 2.50.